The van der Waals surface area contributed by atoms with Crippen molar-refractivity contribution in [3.63, 3.8) is 0 Å². The maximum Gasteiger partial charge on any atom is 0.333 e. The molecule has 1 atom stereocenters. The quantitative estimate of drug-likeness (QED) is 0.769. The summed E-state index contributed by atoms with van der Waals surface area (Å²) < 4.78 is 4.87. The number of anilines is 1. The number of methoxy groups -OCH3 is 1. The monoisotopic (exact) mass is 209 g/mol. The molecule has 0 saturated heterocycles. The summed E-state index contributed by atoms with van der Waals surface area (Å²) in [7, 11) is 3.23. The standard InChI is InChI=1S/C11H15NO3/c1-12-9-5-3-4-8(6-9)7-10(15-2)11(13)14/h3-6,10,12H,7H2,1-2H3,(H,13,14). The van der Waals surface area contributed by atoms with Crippen molar-refractivity contribution < 1.29 is 14.6 Å². The van der Waals surface area contributed by atoms with Gasteiger partial charge >= 0.3 is 5.97 Å². The molecule has 0 bridgehead atoms. The van der Waals surface area contributed by atoms with Crippen LogP contribution < -0.4 is 5.32 Å². The molecule has 0 fully saturated rings. The van der Waals surface area contributed by atoms with Gasteiger partial charge in [0.15, 0.2) is 6.10 Å². The summed E-state index contributed by atoms with van der Waals surface area (Å²) in [5.41, 5.74) is 1.91. The molecule has 0 amide bonds. The van der Waals surface area contributed by atoms with Crippen molar-refractivity contribution in [1.82, 2.24) is 0 Å². The lowest BCUT2D eigenvalue weighted by Crippen LogP contribution is -2.24. The second-order valence-electron chi connectivity index (χ2n) is 3.22. The van der Waals surface area contributed by atoms with E-state index in [1.807, 2.05) is 31.3 Å². The fraction of sp³-hybridized carbons (Fsp3) is 0.364. The molecular weight excluding hydrogens is 194 g/mol. The molecule has 0 aliphatic carbocycles. The van der Waals surface area contributed by atoms with Crippen molar-refractivity contribution in [3.05, 3.63) is 29.8 Å². The van der Waals surface area contributed by atoms with E-state index in [9.17, 15) is 4.79 Å². The van der Waals surface area contributed by atoms with E-state index in [-0.39, 0.29) is 0 Å². The van der Waals surface area contributed by atoms with Gasteiger partial charge in [-0.15, -0.1) is 0 Å². The number of hydrogen-bond donors (Lipinski definition) is 2. The fourth-order valence-electron chi connectivity index (χ4n) is 1.34. The minimum Gasteiger partial charge on any atom is -0.479 e. The Morgan fingerprint density at radius 1 is 1.60 bits per heavy atom. The molecule has 4 nitrogen and oxygen atoms in total. The molecule has 1 aromatic rings. The van der Waals surface area contributed by atoms with Crippen molar-refractivity contribution in [3.8, 4) is 0 Å². The van der Waals surface area contributed by atoms with Gasteiger partial charge in [0.2, 0.25) is 0 Å². The van der Waals surface area contributed by atoms with Crippen molar-refractivity contribution >= 4 is 11.7 Å². The molecule has 0 radical (unpaired) electrons. The lowest BCUT2D eigenvalue weighted by Gasteiger charge is -2.11. The van der Waals surface area contributed by atoms with Crippen molar-refractivity contribution in [2.75, 3.05) is 19.5 Å². The number of carbonyl (C=O) groups is 1. The molecule has 0 aromatic heterocycles. The number of aliphatic carboxylic acids is 1. The highest BCUT2D eigenvalue weighted by Gasteiger charge is 2.16. The predicted molar refractivity (Wildman–Crippen MR) is 58.1 cm³/mol. The van der Waals surface area contributed by atoms with E-state index >= 15 is 0 Å². The van der Waals surface area contributed by atoms with Crippen LogP contribution >= 0.6 is 0 Å². The van der Waals surface area contributed by atoms with E-state index in [1.165, 1.54) is 7.11 Å². The lowest BCUT2D eigenvalue weighted by molar-refractivity contribution is -0.148. The van der Waals surface area contributed by atoms with Crippen LogP contribution in [0.2, 0.25) is 0 Å². The summed E-state index contributed by atoms with van der Waals surface area (Å²) in [5, 5.41) is 11.8. The summed E-state index contributed by atoms with van der Waals surface area (Å²) in [4.78, 5) is 10.7. The second-order valence-corrected chi connectivity index (χ2v) is 3.22. The Morgan fingerprint density at radius 3 is 2.87 bits per heavy atom. The number of carboxylic acids is 1. The van der Waals surface area contributed by atoms with Gasteiger partial charge in [-0.2, -0.15) is 0 Å². The van der Waals surface area contributed by atoms with Crippen LogP contribution in [0.1, 0.15) is 5.56 Å². The Hall–Kier alpha value is -1.55. The van der Waals surface area contributed by atoms with Crippen molar-refractivity contribution in [1.29, 1.82) is 0 Å². The maximum atomic E-state index is 10.7. The molecule has 1 unspecified atom stereocenters. The molecule has 1 rings (SSSR count). The van der Waals surface area contributed by atoms with Gasteiger partial charge in [-0.25, -0.2) is 4.79 Å². The topological polar surface area (TPSA) is 58.6 Å². The smallest absolute Gasteiger partial charge is 0.333 e. The first-order valence-electron chi connectivity index (χ1n) is 4.69. The van der Waals surface area contributed by atoms with E-state index in [0.29, 0.717) is 6.42 Å². The van der Waals surface area contributed by atoms with Gasteiger partial charge in [0.05, 0.1) is 0 Å². The van der Waals surface area contributed by atoms with Crippen molar-refractivity contribution in [2.24, 2.45) is 0 Å². The minimum atomic E-state index is -0.938. The lowest BCUT2D eigenvalue weighted by atomic mass is 10.1. The molecule has 0 aliphatic rings. The Kier molecular flexibility index (Phi) is 4.12. The summed E-state index contributed by atoms with van der Waals surface area (Å²) in [5.74, 6) is -0.938. The number of hydrogen-bond acceptors (Lipinski definition) is 3. The van der Waals surface area contributed by atoms with Crippen LogP contribution in [0.25, 0.3) is 0 Å². The first-order chi connectivity index (χ1) is 7.17. The minimum absolute atomic E-state index is 0.376. The number of ether oxygens (including phenoxy) is 1. The summed E-state index contributed by atoms with van der Waals surface area (Å²) in [6, 6.07) is 7.60. The van der Waals surface area contributed by atoms with Crippen LogP contribution in [0.3, 0.4) is 0 Å². The molecule has 0 saturated carbocycles. The second kappa shape index (κ2) is 5.36. The van der Waals surface area contributed by atoms with Gasteiger partial charge in [0.25, 0.3) is 0 Å². The highest BCUT2D eigenvalue weighted by molar-refractivity contribution is 5.72. The van der Waals surface area contributed by atoms with Crippen LogP contribution in [-0.2, 0) is 16.0 Å². The van der Waals surface area contributed by atoms with Gasteiger partial charge in [-0.05, 0) is 17.7 Å². The number of nitrogens with one attached hydrogen (secondary N) is 1. The summed E-state index contributed by atoms with van der Waals surface area (Å²) >= 11 is 0. The molecule has 15 heavy (non-hydrogen) atoms. The maximum absolute atomic E-state index is 10.7. The van der Waals surface area contributed by atoms with E-state index < -0.39 is 12.1 Å². The molecule has 1 aromatic carbocycles. The normalized spacial score (nSPS) is 12.1. The Morgan fingerprint density at radius 2 is 2.33 bits per heavy atom. The molecule has 0 aliphatic heterocycles. The molecule has 0 heterocycles. The Bertz CT molecular complexity index is 338. The highest BCUT2D eigenvalue weighted by Crippen LogP contribution is 2.12. The molecular formula is C11H15NO3. The van der Waals surface area contributed by atoms with E-state index in [1.54, 1.807) is 0 Å². The van der Waals surface area contributed by atoms with Gasteiger partial charge < -0.3 is 15.2 Å². The average molecular weight is 209 g/mol. The zero-order valence-corrected chi connectivity index (χ0v) is 8.86. The van der Waals surface area contributed by atoms with Gasteiger partial charge in [-0.3, -0.25) is 0 Å². The van der Waals surface area contributed by atoms with Crippen LogP contribution in [0, 0.1) is 0 Å². The Balaban J connectivity index is 2.74. The van der Waals surface area contributed by atoms with Crippen LogP contribution in [0.4, 0.5) is 5.69 Å². The number of benzene rings is 1. The summed E-state index contributed by atoms with van der Waals surface area (Å²) in [6.45, 7) is 0. The zero-order chi connectivity index (χ0) is 11.3. The first kappa shape index (κ1) is 11.5. The third-order valence-electron chi connectivity index (χ3n) is 2.20. The molecule has 82 valence electrons. The van der Waals surface area contributed by atoms with E-state index in [0.717, 1.165) is 11.3 Å². The highest BCUT2D eigenvalue weighted by atomic mass is 16.5. The van der Waals surface area contributed by atoms with E-state index in [2.05, 4.69) is 5.32 Å². The molecule has 0 spiro atoms. The predicted octanol–water partition coefficient (Wildman–Crippen LogP) is 1.37. The first-order valence-corrected chi connectivity index (χ1v) is 4.69. The molecule has 4 heteroatoms. The average Bonchev–Trinajstić information content (AvgIpc) is 2.25. The largest absolute Gasteiger partial charge is 0.479 e. The zero-order valence-electron chi connectivity index (χ0n) is 8.86. The van der Waals surface area contributed by atoms with Crippen molar-refractivity contribution in [2.45, 2.75) is 12.5 Å². The van der Waals surface area contributed by atoms with Gasteiger partial charge in [0.1, 0.15) is 0 Å². The van der Waals surface area contributed by atoms with Crippen LogP contribution in [0.5, 0.6) is 0 Å². The Labute approximate surface area is 88.9 Å². The van der Waals surface area contributed by atoms with Gasteiger partial charge in [-0.1, -0.05) is 12.1 Å². The summed E-state index contributed by atoms with van der Waals surface area (Å²) in [6.07, 6.45) is -0.404. The van der Waals surface area contributed by atoms with E-state index in [4.69, 9.17) is 9.84 Å². The van der Waals surface area contributed by atoms with Gasteiger partial charge in [0, 0.05) is 26.3 Å². The number of carboxylic acid groups (broad SMARTS) is 1. The van der Waals surface area contributed by atoms with Crippen LogP contribution in [-0.4, -0.2) is 31.3 Å². The SMILES string of the molecule is CNc1cccc(CC(OC)C(=O)O)c1. The molecule has 2 N–H and O–H groups in total. The number of rotatable bonds is 5. The third kappa shape index (κ3) is 3.25. The third-order valence-corrected chi connectivity index (χ3v) is 2.20. The van der Waals surface area contributed by atoms with Crippen LogP contribution in [0.15, 0.2) is 24.3 Å². The fourth-order valence-corrected chi connectivity index (χ4v) is 1.34.